The topological polar surface area (TPSA) is 57.4 Å². The molecule has 104 valence electrons. The Morgan fingerprint density at radius 1 is 1.33 bits per heavy atom. The van der Waals surface area contributed by atoms with Crippen LogP contribution in [0.3, 0.4) is 0 Å². The summed E-state index contributed by atoms with van der Waals surface area (Å²) in [5.74, 6) is 0. The molecule has 0 radical (unpaired) electrons. The second-order valence-electron chi connectivity index (χ2n) is 3.37. The molecular formula is C10H15F3N2O2S. The van der Waals surface area contributed by atoms with Crippen molar-refractivity contribution >= 4 is 11.3 Å². The van der Waals surface area contributed by atoms with Crippen LogP contribution in [0.2, 0.25) is 0 Å². The molecule has 0 aromatic carbocycles. The molecule has 0 aliphatic heterocycles. The van der Waals surface area contributed by atoms with E-state index in [1.54, 1.807) is 13.8 Å². The molecule has 0 aliphatic carbocycles. The molecular weight excluding hydrogens is 269 g/mol. The van der Waals surface area contributed by atoms with E-state index >= 15 is 0 Å². The number of rotatable bonds is 6. The Labute approximate surface area is 107 Å². The fourth-order valence-corrected chi connectivity index (χ4v) is 2.09. The molecule has 0 spiro atoms. The van der Waals surface area contributed by atoms with E-state index in [9.17, 15) is 13.2 Å². The van der Waals surface area contributed by atoms with Crippen molar-refractivity contribution in [2.24, 2.45) is 5.73 Å². The van der Waals surface area contributed by atoms with E-state index in [0.717, 1.165) is 6.20 Å². The maximum Gasteiger partial charge on any atom is 0.443 e. The fourth-order valence-electron chi connectivity index (χ4n) is 1.29. The molecule has 1 heterocycles. The lowest BCUT2D eigenvalue weighted by molar-refractivity contribution is -0.148. The molecule has 0 aliphatic rings. The molecule has 1 rings (SSSR count). The van der Waals surface area contributed by atoms with Crippen molar-refractivity contribution in [3.63, 3.8) is 0 Å². The number of nitrogens with zero attached hydrogens (tertiary/aromatic N) is 1. The minimum absolute atomic E-state index is 0.286. The van der Waals surface area contributed by atoms with Crippen LogP contribution in [0.4, 0.5) is 13.2 Å². The van der Waals surface area contributed by atoms with Gasteiger partial charge in [0.2, 0.25) is 0 Å². The normalized spacial score (nSPS) is 14.2. The first-order chi connectivity index (χ1) is 8.40. The van der Waals surface area contributed by atoms with E-state index in [1.807, 2.05) is 0 Å². The third kappa shape index (κ3) is 3.91. The number of halogens is 3. The van der Waals surface area contributed by atoms with Crippen LogP contribution in [-0.4, -0.2) is 24.5 Å². The minimum Gasteiger partial charge on any atom is -0.351 e. The van der Waals surface area contributed by atoms with Gasteiger partial charge in [-0.1, -0.05) is 0 Å². The highest BCUT2D eigenvalue weighted by Gasteiger charge is 2.35. The maximum absolute atomic E-state index is 12.4. The molecule has 4 nitrogen and oxygen atoms in total. The summed E-state index contributed by atoms with van der Waals surface area (Å²) in [6, 6.07) is -0.779. The highest BCUT2D eigenvalue weighted by atomic mass is 32.1. The lowest BCUT2D eigenvalue weighted by Gasteiger charge is -2.22. The third-order valence-corrected chi connectivity index (χ3v) is 3.19. The first-order valence-electron chi connectivity index (χ1n) is 5.41. The van der Waals surface area contributed by atoms with Crippen molar-refractivity contribution in [3.8, 4) is 0 Å². The van der Waals surface area contributed by atoms with Crippen LogP contribution in [0.25, 0.3) is 0 Å². The van der Waals surface area contributed by atoms with Gasteiger partial charge in [0.15, 0.2) is 11.3 Å². The lowest BCUT2D eigenvalue weighted by Crippen LogP contribution is -2.31. The summed E-state index contributed by atoms with van der Waals surface area (Å²) in [5.41, 5.74) is 5.82. The van der Waals surface area contributed by atoms with E-state index < -0.39 is 23.5 Å². The van der Waals surface area contributed by atoms with Crippen LogP contribution in [0.5, 0.6) is 0 Å². The maximum atomic E-state index is 12.4. The predicted octanol–water partition coefficient (Wildman–Crippen LogP) is 2.56. The zero-order chi connectivity index (χ0) is 13.8. The molecule has 8 heteroatoms. The van der Waals surface area contributed by atoms with Crippen molar-refractivity contribution in [2.45, 2.75) is 32.4 Å². The third-order valence-electron chi connectivity index (χ3n) is 2.05. The molecule has 2 N–H and O–H groups in total. The Kier molecular flexibility index (Phi) is 5.51. The minimum atomic E-state index is -4.45. The molecule has 0 saturated carbocycles. The van der Waals surface area contributed by atoms with Crippen LogP contribution in [0.1, 0.15) is 29.8 Å². The highest BCUT2D eigenvalue weighted by Crippen LogP contribution is 2.34. The van der Waals surface area contributed by atoms with E-state index in [2.05, 4.69) is 4.98 Å². The molecule has 18 heavy (non-hydrogen) atoms. The fraction of sp³-hybridized carbons (Fsp3) is 0.700. The zero-order valence-electron chi connectivity index (χ0n) is 10.0. The van der Waals surface area contributed by atoms with Gasteiger partial charge in [-0.3, -0.25) is 0 Å². The summed E-state index contributed by atoms with van der Waals surface area (Å²) in [7, 11) is 0. The molecule has 1 aromatic rings. The van der Waals surface area contributed by atoms with Gasteiger partial charge < -0.3 is 15.2 Å². The second kappa shape index (κ2) is 6.46. The van der Waals surface area contributed by atoms with E-state index in [-0.39, 0.29) is 4.88 Å². The quantitative estimate of drug-likeness (QED) is 0.816. The van der Waals surface area contributed by atoms with E-state index in [1.165, 1.54) is 0 Å². The second-order valence-corrected chi connectivity index (χ2v) is 4.43. The molecule has 0 bridgehead atoms. The van der Waals surface area contributed by atoms with Crippen molar-refractivity contribution in [1.82, 2.24) is 4.98 Å². The van der Waals surface area contributed by atoms with Gasteiger partial charge in [0.05, 0.1) is 6.04 Å². The largest absolute Gasteiger partial charge is 0.443 e. The Bertz CT molecular complexity index is 364. The van der Waals surface area contributed by atoms with Crippen molar-refractivity contribution < 1.29 is 22.6 Å². The van der Waals surface area contributed by atoms with Gasteiger partial charge in [0.1, 0.15) is 0 Å². The Morgan fingerprint density at radius 2 is 1.89 bits per heavy atom. The number of ether oxygens (including phenoxy) is 2. The number of alkyl halides is 3. The molecule has 0 saturated heterocycles. The van der Waals surface area contributed by atoms with Crippen LogP contribution in [0.15, 0.2) is 6.20 Å². The first kappa shape index (κ1) is 15.4. The molecule has 0 fully saturated rings. The van der Waals surface area contributed by atoms with Gasteiger partial charge in [0, 0.05) is 24.3 Å². The Balaban J connectivity index is 2.81. The van der Waals surface area contributed by atoms with Crippen molar-refractivity contribution in [3.05, 3.63) is 16.1 Å². The van der Waals surface area contributed by atoms with Crippen LogP contribution in [0, 0.1) is 0 Å². The Hall–Kier alpha value is -0.700. The number of hydrogen-bond acceptors (Lipinski definition) is 5. The van der Waals surface area contributed by atoms with E-state index in [4.69, 9.17) is 15.2 Å². The van der Waals surface area contributed by atoms with Crippen LogP contribution < -0.4 is 5.73 Å². The summed E-state index contributed by atoms with van der Waals surface area (Å²) in [6.45, 7) is 4.24. The molecule has 1 unspecified atom stereocenters. The van der Waals surface area contributed by atoms with E-state index in [0.29, 0.717) is 24.6 Å². The van der Waals surface area contributed by atoms with Gasteiger partial charge >= 0.3 is 6.18 Å². The lowest BCUT2D eigenvalue weighted by atomic mass is 10.2. The standard InChI is InChI=1S/C10H15F3N2O2S/c1-3-16-8(17-4-2)7(14)6-5-15-9(18-6)10(11,12)13/h5,7-8H,3-4,14H2,1-2H3. The summed E-state index contributed by atoms with van der Waals surface area (Å²) < 4.78 is 47.7. The van der Waals surface area contributed by atoms with Gasteiger partial charge in [-0.2, -0.15) is 13.2 Å². The predicted molar refractivity (Wildman–Crippen MR) is 61.1 cm³/mol. The number of hydrogen-bond donors (Lipinski definition) is 1. The van der Waals surface area contributed by atoms with Crippen LogP contribution in [-0.2, 0) is 15.7 Å². The van der Waals surface area contributed by atoms with Gasteiger partial charge in [0.25, 0.3) is 0 Å². The smallest absolute Gasteiger partial charge is 0.351 e. The monoisotopic (exact) mass is 284 g/mol. The molecule has 1 atom stereocenters. The molecule has 1 aromatic heterocycles. The highest BCUT2D eigenvalue weighted by molar-refractivity contribution is 7.11. The summed E-state index contributed by atoms with van der Waals surface area (Å²) in [5, 5.41) is -0.917. The Morgan fingerprint density at radius 3 is 2.28 bits per heavy atom. The number of thiazole rings is 1. The number of nitrogens with two attached hydrogens (primary N) is 1. The summed E-state index contributed by atoms with van der Waals surface area (Å²) >= 11 is 0.507. The SMILES string of the molecule is CCOC(OCC)C(N)c1cnc(C(F)(F)F)s1. The van der Waals surface area contributed by atoms with Gasteiger partial charge in [-0.25, -0.2) is 4.98 Å². The number of aromatic nitrogens is 1. The van der Waals surface area contributed by atoms with Crippen molar-refractivity contribution in [1.29, 1.82) is 0 Å². The van der Waals surface area contributed by atoms with Gasteiger partial charge in [-0.15, -0.1) is 11.3 Å². The van der Waals surface area contributed by atoms with Crippen molar-refractivity contribution in [2.75, 3.05) is 13.2 Å². The first-order valence-corrected chi connectivity index (χ1v) is 6.23. The molecule has 0 amide bonds. The summed E-state index contributed by atoms with van der Waals surface area (Å²) in [4.78, 5) is 3.60. The van der Waals surface area contributed by atoms with Gasteiger partial charge in [-0.05, 0) is 13.8 Å². The average Bonchev–Trinajstić information content (AvgIpc) is 2.76. The summed E-state index contributed by atoms with van der Waals surface area (Å²) in [6.07, 6.45) is -4.10. The zero-order valence-corrected chi connectivity index (χ0v) is 10.8. The average molecular weight is 284 g/mol. The van der Waals surface area contributed by atoms with Crippen LogP contribution >= 0.6 is 11.3 Å².